The highest BCUT2D eigenvalue weighted by Gasteiger charge is 2.25. The molecule has 0 N–H and O–H groups in total. The molecule has 1 aliphatic rings. The van der Waals surface area contributed by atoms with E-state index in [9.17, 15) is 4.79 Å². The Kier molecular flexibility index (Phi) is 5.60. The summed E-state index contributed by atoms with van der Waals surface area (Å²) >= 11 is 0. The van der Waals surface area contributed by atoms with Crippen molar-refractivity contribution < 1.29 is 14.1 Å². The fraction of sp³-hybridized carbons (Fsp3) is 0.348. The minimum Gasteiger partial charge on any atom is -0.497 e. The summed E-state index contributed by atoms with van der Waals surface area (Å²) in [4.78, 5) is 19.2. The van der Waals surface area contributed by atoms with E-state index < -0.39 is 0 Å². The molecule has 0 aliphatic carbocycles. The fourth-order valence-corrected chi connectivity index (χ4v) is 3.68. The summed E-state index contributed by atoms with van der Waals surface area (Å²) < 4.78 is 10.7. The molecule has 0 radical (unpaired) electrons. The van der Waals surface area contributed by atoms with Gasteiger partial charge in [0, 0.05) is 30.6 Å². The lowest BCUT2D eigenvalue weighted by molar-refractivity contribution is 0.0687. The van der Waals surface area contributed by atoms with Crippen molar-refractivity contribution in [1.29, 1.82) is 0 Å². The van der Waals surface area contributed by atoms with Crippen LogP contribution in [0.4, 0.5) is 0 Å². The van der Waals surface area contributed by atoms with Crippen molar-refractivity contribution in [3.63, 3.8) is 0 Å². The minimum absolute atomic E-state index is 0.113. The van der Waals surface area contributed by atoms with E-state index in [2.05, 4.69) is 10.1 Å². The SMILES string of the molecule is COc1cccc(-c2noc(CC3CCN(C(=O)c4ccc(C)cc4)CC3)n2)c1. The van der Waals surface area contributed by atoms with Gasteiger partial charge < -0.3 is 14.2 Å². The van der Waals surface area contributed by atoms with Gasteiger partial charge in [-0.05, 0) is 49.9 Å². The average molecular weight is 391 g/mol. The van der Waals surface area contributed by atoms with E-state index in [0.717, 1.165) is 54.8 Å². The van der Waals surface area contributed by atoms with Crippen LogP contribution < -0.4 is 4.74 Å². The van der Waals surface area contributed by atoms with Crippen molar-refractivity contribution in [2.24, 2.45) is 5.92 Å². The molecular formula is C23H25N3O3. The van der Waals surface area contributed by atoms with Crippen LogP contribution in [0.1, 0.15) is 34.7 Å². The lowest BCUT2D eigenvalue weighted by Gasteiger charge is -2.31. The van der Waals surface area contributed by atoms with Gasteiger partial charge in [0.25, 0.3) is 5.91 Å². The molecule has 6 heteroatoms. The van der Waals surface area contributed by atoms with Gasteiger partial charge in [-0.3, -0.25) is 4.79 Å². The summed E-state index contributed by atoms with van der Waals surface area (Å²) in [6, 6.07) is 15.4. The molecule has 2 aromatic carbocycles. The molecule has 4 rings (SSSR count). The number of amides is 1. The summed E-state index contributed by atoms with van der Waals surface area (Å²) in [5.41, 5.74) is 2.79. The molecule has 3 aromatic rings. The second-order valence-corrected chi connectivity index (χ2v) is 7.55. The molecule has 0 unspecified atom stereocenters. The fourth-order valence-electron chi connectivity index (χ4n) is 3.68. The Balaban J connectivity index is 1.33. The first-order valence-corrected chi connectivity index (χ1v) is 9.95. The van der Waals surface area contributed by atoms with Crippen LogP contribution in [0.2, 0.25) is 0 Å². The van der Waals surface area contributed by atoms with Crippen molar-refractivity contribution in [3.8, 4) is 17.1 Å². The molecule has 0 spiro atoms. The van der Waals surface area contributed by atoms with Crippen LogP contribution in [-0.2, 0) is 6.42 Å². The van der Waals surface area contributed by atoms with Crippen LogP contribution in [-0.4, -0.2) is 41.1 Å². The standard InChI is InChI=1S/C23H25N3O3/c1-16-6-8-18(9-7-16)23(27)26-12-10-17(11-13-26)14-21-24-22(25-29-21)19-4-3-5-20(15-19)28-2/h3-9,15,17H,10-14H2,1-2H3. The monoisotopic (exact) mass is 391 g/mol. The Morgan fingerprint density at radius 2 is 1.93 bits per heavy atom. The number of likely N-dealkylation sites (tertiary alicyclic amines) is 1. The molecule has 150 valence electrons. The smallest absolute Gasteiger partial charge is 0.253 e. The maximum atomic E-state index is 12.7. The normalized spacial score (nSPS) is 14.8. The molecule has 1 aromatic heterocycles. The van der Waals surface area contributed by atoms with Crippen molar-refractivity contribution in [1.82, 2.24) is 15.0 Å². The first-order valence-electron chi connectivity index (χ1n) is 9.95. The molecular weight excluding hydrogens is 366 g/mol. The molecule has 1 aliphatic heterocycles. The lowest BCUT2D eigenvalue weighted by atomic mass is 9.93. The van der Waals surface area contributed by atoms with E-state index in [-0.39, 0.29) is 5.91 Å². The largest absolute Gasteiger partial charge is 0.497 e. The van der Waals surface area contributed by atoms with Crippen molar-refractivity contribution >= 4 is 5.91 Å². The summed E-state index contributed by atoms with van der Waals surface area (Å²) in [5.74, 6) is 2.54. The van der Waals surface area contributed by atoms with E-state index in [1.165, 1.54) is 0 Å². The number of methoxy groups -OCH3 is 1. The van der Waals surface area contributed by atoms with Crippen LogP contribution in [0.3, 0.4) is 0 Å². The molecule has 1 saturated heterocycles. The van der Waals surface area contributed by atoms with E-state index in [1.54, 1.807) is 7.11 Å². The third kappa shape index (κ3) is 4.47. The van der Waals surface area contributed by atoms with Gasteiger partial charge in [-0.25, -0.2) is 0 Å². The van der Waals surface area contributed by atoms with Crippen LogP contribution in [0.25, 0.3) is 11.4 Å². The molecule has 6 nitrogen and oxygen atoms in total. The van der Waals surface area contributed by atoms with Crippen LogP contribution in [0, 0.1) is 12.8 Å². The second kappa shape index (κ2) is 8.47. The quantitative estimate of drug-likeness (QED) is 0.654. The van der Waals surface area contributed by atoms with Crippen molar-refractivity contribution in [2.45, 2.75) is 26.2 Å². The number of hydrogen-bond donors (Lipinski definition) is 0. The highest BCUT2D eigenvalue weighted by atomic mass is 16.5. The number of rotatable bonds is 5. The summed E-state index contributed by atoms with van der Waals surface area (Å²) in [7, 11) is 1.64. The van der Waals surface area contributed by atoms with Gasteiger partial charge in [-0.2, -0.15) is 4.98 Å². The van der Waals surface area contributed by atoms with E-state index in [4.69, 9.17) is 9.26 Å². The average Bonchev–Trinajstić information content (AvgIpc) is 3.23. The summed E-state index contributed by atoms with van der Waals surface area (Å²) in [6.07, 6.45) is 2.62. The maximum Gasteiger partial charge on any atom is 0.253 e. The van der Waals surface area contributed by atoms with Gasteiger partial charge in [0.2, 0.25) is 11.7 Å². The highest BCUT2D eigenvalue weighted by Crippen LogP contribution is 2.25. The Labute approximate surface area is 170 Å². The lowest BCUT2D eigenvalue weighted by Crippen LogP contribution is -2.38. The highest BCUT2D eigenvalue weighted by molar-refractivity contribution is 5.94. The Bertz CT molecular complexity index is 973. The van der Waals surface area contributed by atoms with Crippen LogP contribution in [0.5, 0.6) is 5.75 Å². The third-order valence-electron chi connectivity index (χ3n) is 5.46. The predicted molar refractivity (Wildman–Crippen MR) is 110 cm³/mol. The zero-order valence-electron chi connectivity index (χ0n) is 16.8. The molecule has 2 heterocycles. The molecule has 29 heavy (non-hydrogen) atoms. The van der Waals surface area contributed by atoms with Crippen molar-refractivity contribution in [3.05, 3.63) is 65.5 Å². The Morgan fingerprint density at radius 1 is 1.17 bits per heavy atom. The number of carbonyl (C=O) groups is 1. The molecule has 0 bridgehead atoms. The third-order valence-corrected chi connectivity index (χ3v) is 5.46. The predicted octanol–water partition coefficient (Wildman–Crippen LogP) is 4.15. The zero-order chi connectivity index (χ0) is 20.2. The van der Waals surface area contributed by atoms with Gasteiger partial charge in [-0.1, -0.05) is 35.0 Å². The van der Waals surface area contributed by atoms with Gasteiger partial charge in [0.15, 0.2) is 0 Å². The van der Waals surface area contributed by atoms with Gasteiger partial charge in [0.1, 0.15) is 5.75 Å². The van der Waals surface area contributed by atoms with Gasteiger partial charge in [0.05, 0.1) is 7.11 Å². The number of carbonyl (C=O) groups excluding carboxylic acids is 1. The Morgan fingerprint density at radius 3 is 2.66 bits per heavy atom. The van der Waals surface area contributed by atoms with Crippen LogP contribution >= 0.6 is 0 Å². The topological polar surface area (TPSA) is 68.5 Å². The Hall–Kier alpha value is -3.15. The second-order valence-electron chi connectivity index (χ2n) is 7.55. The van der Waals surface area contributed by atoms with Gasteiger partial charge >= 0.3 is 0 Å². The van der Waals surface area contributed by atoms with Crippen molar-refractivity contribution in [2.75, 3.05) is 20.2 Å². The minimum atomic E-state index is 0.113. The first kappa shape index (κ1) is 19.2. The number of ether oxygens (including phenoxy) is 1. The summed E-state index contributed by atoms with van der Waals surface area (Å²) in [5, 5.41) is 4.11. The zero-order valence-corrected chi connectivity index (χ0v) is 16.8. The molecule has 0 saturated carbocycles. The number of piperidine rings is 1. The molecule has 1 amide bonds. The summed E-state index contributed by atoms with van der Waals surface area (Å²) in [6.45, 7) is 3.54. The number of benzene rings is 2. The van der Waals surface area contributed by atoms with E-state index in [0.29, 0.717) is 17.6 Å². The van der Waals surface area contributed by atoms with E-state index >= 15 is 0 Å². The number of hydrogen-bond acceptors (Lipinski definition) is 5. The van der Waals surface area contributed by atoms with E-state index in [1.807, 2.05) is 60.4 Å². The number of aryl methyl sites for hydroxylation is 1. The molecule has 0 atom stereocenters. The first-order chi connectivity index (χ1) is 14.1. The number of nitrogens with zero attached hydrogens (tertiary/aromatic N) is 3. The number of aromatic nitrogens is 2. The maximum absolute atomic E-state index is 12.7. The molecule has 1 fully saturated rings. The van der Waals surface area contributed by atoms with Gasteiger partial charge in [-0.15, -0.1) is 0 Å². The van der Waals surface area contributed by atoms with Crippen LogP contribution in [0.15, 0.2) is 53.1 Å².